The Morgan fingerprint density at radius 2 is 1.66 bits per heavy atom. The second kappa shape index (κ2) is 7.76. The molecule has 0 radical (unpaired) electrons. The van der Waals surface area contributed by atoms with Crippen molar-refractivity contribution in [1.82, 2.24) is 14.7 Å². The molecule has 0 saturated heterocycles. The first-order valence-electron chi connectivity index (χ1n) is 10.2. The van der Waals surface area contributed by atoms with E-state index in [0.717, 1.165) is 5.56 Å². The van der Waals surface area contributed by atoms with Gasteiger partial charge in [0.15, 0.2) is 11.6 Å². The first-order valence-corrected chi connectivity index (χ1v) is 10.7. The molecule has 1 N–H and O–H groups in total. The number of hydrogen-bond donors (Lipinski definition) is 1. The quantitative estimate of drug-likeness (QED) is 0.334. The second-order valence-electron chi connectivity index (χ2n) is 7.70. The van der Waals surface area contributed by atoms with Gasteiger partial charge in [-0.25, -0.2) is 9.67 Å². The van der Waals surface area contributed by atoms with E-state index >= 15 is 0 Å². The fourth-order valence-electron chi connectivity index (χ4n) is 4.05. The van der Waals surface area contributed by atoms with Crippen molar-refractivity contribution in [1.29, 1.82) is 0 Å². The first-order chi connectivity index (χ1) is 15.5. The minimum Gasteiger partial charge on any atom is -0.398 e. The van der Waals surface area contributed by atoms with Gasteiger partial charge in [0.05, 0.1) is 27.9 Å². The molecule has 0 spiro atoms. The zero-order chi connectivity index (χ0) is 22.4. The summed E-state index contributed by atoms with van der Waals surface area (Å²) in [6, 6.07) is 16.0. The number of fused-ring (bicyclic) bond motifs is 4. The average Bonchev–Trinajstić information content (AvgIpc) is 3.11. The summed E-state index contributed by atoms with van der Waals surface area (Å²) in [6.45, 7) is 2.37. The van der Waals surface area contributed by atoms with E-state index in [1.54, 1.807) is 30.3 Å². The Kier molecular flexibility index (Phi) is 4.90. The Bertz CT molecular complexity index is 1420. The molecular weight excluding hydrogens is 428 g/mol. The SMILES string of the molecule is Cc1ccc(N=c2cc3n(CCCCl)n(O)nc-3c3c2C(=O)c2ccccc2C3=O)cc1. The van der Waals surface area contributed by atoms with Crippen LogP contribution in [-0.4, -0.2) is 37.4 Å². The molecule has 0 saturated carbocycles. The number of aromatic nitrogens is 3. The highest BCUT2D eigenvalue weighted by Crippen LogP contribution is 2.33. The van der Waals surface area contributed by atoms with Gasteiger partial charge in [0.1, 0.15) is 5.69 Å². The molecule has 2 aromatic carbocycles. The lowest BCUT2D eigenvalue weighted by Crippen LogP contribution is -2.30. The zero-order valence-electron chi connectivity index (χ0n) is 17.2. The van der Waals surface area contributed by atoms with Crippen molar-refractivity contribution in [2.75, 3.05) is 5.88 Å². The normalized spacial score (nSPS) is 13.5. The molecule has 2 aliphatic carbocycles. The van der Waals surface area contributed by atoms with Gasteiger partial charge in [0.25, 0.3) is 0 Å². The van der Waals surface area contributed by atoms with Gasteiger partial charge in [-0.2, -0.15) is 0 Å². The van der Waals surface area contributed by atoms with E-state index in [1.165, 1.54) is 4.68 Å². The Morgan fingerprint density at radius 3 is 2.31 bits per heavy atom. The molecule has 1 aliphatic heterocycles. The summed E-state index contributed by atoms with van der Waals surface area (Å²) in [5.74, 6) is -0.206. The summed E-state index contributed by atoms with van der Waals surface area (Å²) < 4.78 is 1.52. The lowest BCUT2D eigenvalue weighted by Gasteiger charge is -2.19. The average molecular weight is 447 g/mol. The van der Waals surface area contributed by atoms with Gasteiger partial charge in [-0.15, -0.1) is 16.7 Å². The Balaban J connectivity index is 1.86. The molecule has 32 heavy (non-hydrogen) atoms. The van der Waals surface area contributed by atoms with Crippen LogP contribution in [0.3, 0.4) is 0 Å². The molecule has 0 amide bonds. The van der Waals surface area contributed by atoms with E-state index in [1.807, 2.05) is 31.2 Å². The summed E-state index contributed by atoms with van der Waals surface area (Å²) in [4.78, 5) is 32.4. The van der Waals surface area contributed by atoms with Crippen molar-refractivity contribution >= 4 is 28.9 Å². The number of benzene rings is 3. The van der Waals surface area contributed by atoms with E-state index in [-0.39, 0.29) is 28.4 Å². The van der Waals surface area contributed by atoms with Crippen LogP contribution >= 0.6 is 11.6 Å². The predicted molar refractivity (Wildman–Crippen MR) is 119 cm³/mol. The van der Waals surface area contributed by atoms with E-state index in [9.17, 15) is 14.8 Å². The van der Waals surface area contributed by atoms with Gasteiger partial charge in [0.2, 0.25) is 0 Å². The molecule has 1 heterocycles. The summed E-state index contributed by atoms with van der Waals surface area (Å²) >= 11 is 5.85. The molecule has 8 heteroatoms. The largest absolute Gasteiger partial charge is 0.398 e. The first kappa shape index (κ1) is 20.2. The van der Waals surface area contributed by atoms with Crippen LogP contribution in [0.2, 0.25) is 0 Å². The van der Waals surface area contributed by atoms with Gasteiger partial charge in [0, 0.05) is 23.6 Å². The Labute approximate surface area is 188 Å². The lowest BCUT2D eigenvalue weighted by molar-refractivity contribution is 0.0751. The van der Waals surface area contributed by atoms with Crippen LogP contribution < -0.4 is 5.36 Å². The van der Waals surface area contributed by atoms with Crippen molar-refractivity contribution in [3.05, 3.63) is 87.8 Å². The highest BCUT2D eigenvalue weighted by Gasteiger charge is 2.36. The van der Waals surface area contributed by atoms with E-state index < -0.39 is 0 Å². The van der Waals surface area contributed by atoms with Crippen molar-refractivity contribution in [2.45, 2.75) is 19.9 Å². The van der Waals surface area contributed by atoms with Crippen molar-refractivity contribution in [3.8, 4) is 11.4 Å². The van der Waals surface area contributed by atoms with Crippen molar-refractivity contribution in [2.24, 2.45) is 4.99 Å². The van der Waals surface area contributed by atoms with Crippen LogP contribution in [-0.2, 0) is 6.54 Å². The summed E-state index contributed by atoms with van der Waals surface area (Å²) in [5, 5.41) is 15.0. The summed E-state index contributed by atoms with van der Waals surface area (Å²) in [5.41, 5.74) is 3.51. The third-order valence-corrected chi connectivity index (χ3v) is 5.87. The second-order valence-corrected chi connectivity index (χ2v) is 8.08. The van der Waals surface area contributed by atoms with Gasteiger partial charge in [-0.3, -0.25) is 9.59 Å². The van der Waals surface area contributed by atoms with Crippen molar-refractivity contribution in [3.63, 3.8) is 0 Å². The summed E-state index contributed by atoms with van der Waals surface area (Å²) in [6.07, 6.45) is 0.588. The molecule has 3 aliphatic rings. The van der Waals surface area contributed by atoms with E-state index in [0.29, 0.717) is 51.7 Å². The minimum absolute atomic E-state index is 0.157. The van der Waals surface area contributed by atoms with Crippen LogP contribution in [0.5, 0.6) is 0 Å². The molecule has 0 bridgehead atoms. The highest BCUT2D eigenvalue weighted by atomic mass is 35.5. The summed E-state index contributed by atoms with van der Waals surface area (Å²) in [7, 11) is 0. The number of aryl methyl sites for hydroxylation is 1. The monoisotopic (exact) mass is 446 g/mol. The number of halogens is 1. The van der Waals surface area contributed by atoms with Crippen LogP contribution in [0.25, 0.3) is 11.4 Å². The number of alkyl halides is 1. The molecule has 0 unspecified atom stereocenters. The van der Waals surface area contributed by atoms with Gasteiger partial charge in [-0.1, -0.05) is 42.0 Å². The number of carbonyl (C=O) groups excluding carboxylic acids is 2. The number of rotatable bonds is 4. The maximum atomic E-state index is 13.5. The number of nitrogens with zero attached hydrogens (tertiary/aromatic N) is 4. The number of hydrogen-bond acceptors (Lipinski definition) is 5. The van der Waals surface area contributed by atoms with Gasteiger partial charge >= 0.3 is 0 Å². The maximum Gasteiger partial charge on any atom is 0.196 e. The van der Waals surface area contributed by atoms with Crippen molar-refractivity contribution < 1.29 is 14.8 Å². The predicted octanol–water partition coefficient (Wildman–Crippen LogP) is 3.97. The highest BCUT2D eigenvalue weighted by molar-refractivity contribution is 6.30. The van der Waals surface area contributed by atoms with E-state index in [4.69, 9.17) is 16.6 Å². The topological polar surface area (TPSA) is 89.5 Å². The van der Waals surface area contributed by atoms with Crippen LogP contribution in [0.4, 0.5) is 5.69 Å². The van der Waals surface area contributed by atoms with Gasteiger partial charge in [-0.05, 0) is 36.5 Å². The minimum atomic E-state index is -0.316. The zero-order valence-corrected chi connectivity index (χ0v) is 18.0. The molecule has 2 aromatic rings. The van der Waals surface area contributed by atoms with Crippen LogP contribution in [0.1, 0.15) is 43.8 Å². The third kappa shape index (κ3) is 3.13. The van der Waals surface area contributed by atoms with Crippen LogP contribution in [0.15, 0.2) is 59.6 Å². The van der Waals surface area contributed by atoms with E-state index in [2.05, 4.69) is 5.10 Å². The molecule has 0 fully saturated rings. The lowest BCUT2D eigenvalue weighted by atomic mass is 9.81. The van der Waals surface area contributed by atoms with Crippen LogP contribution in [0, 0.1) is 6.92 Å². The molecule has 160 valence electrons. The molecule has 0 aromatic heterocycles. The number of ketones is 2. The Hall–Kier alpha value is -3.71. The Morgan fingerprint density at radius 1 is 1.00 bits per heavy atom. The maximum absolute atomic E-state index is 13.5. The molecule has 0 atom stereocenters. The molecular formula is C24H19ClN4O3. The fraction of sp³-hybridized carbons (Fsp3) is 0.167. The smallest absolute Gasteiger partial charge is 0.196 e. The molecule has 5 rings (SSSR count). The molecule has 7 nitrogen and oxygen atoms in total. The van der Waals surface area contributed by atoms with Gasteiger partial charge < -0.3 is 5.21 Å². The number of carbonyl (C=O) groups is 2. The third-order valence-electron chi connectivity index (χ3n) is 5.60. The fourth-order valence-corrected chi connectivity index (χ4v) is 4.17. The standard InChI is InChI=1S/C24H19ClN4O3/c1-14-7-9-15(10-8-14)26-18-13-19-22(27-29(32)28(19)12-4-11-25)21-20(18)23(30)16-5-2-3-6-17(16)24(21)31/h2-3,5-10,13,32H,4,11-12H2,1H3.